The number of amides is 2. The summed E-state index contributed by atoms with van der Waals surface area (Å²) in [5.41, 5.74) is 14.7. The Morgan fingerprint density at radius 3 is 2.50 bits per heavy atom. The Balaban J connectivity index is 1.87. The smallest absolute Gasteiger partial charge is 0.312 e. The van der Waals surface area contributed by atoms with E-state index in [2.05, 4.69) is 21.4 Å². The number of hydrogen-bond donors (Lipinski definition) is 7. The first-order chi connectivity index (χ1) is 16.3. The Morgan fingerprint density at radius 1 is 1.06 bits per heavy atom. The highest BCUT2D eigenvalue weighted by Crippen LogP contribution is 2.42. The second-order valence-corrected chi connectivity index (χ2v) is 7.67. The van der Waals surface area contributed by atoms with Gasteiger partial charge in [0, 0.05) is 23.2 Å². The van der Waals surface area contributed by atoms with Gasteiger partial charge in [-0.3, -0.25) is 5.41 Å². The van der Waals surface area contributed by atoms with E-state index in [0.29, 0.717) is 50.2 Å². The van der Waals surface area contributed by atoms with Crippen molar-refractivity contribution in [1.82, 2.24) is 15.3 Å². The predicted octanol–water partition coefficient (Wildman–Crippen LogP) is 2.83. The van der Waals surface area contributed by atoms with E-state index in [1.54, 1.807) is 42.5 Å². The topological polar surface area (TPSA) is 198 Å². The number of phenolic OH excluding ortho intramolecular Hbond substituents is 2. The molecule has 0 atom stereocenters. The Kier molecular flexibility index (Phi) is 5.76. The number of aromatic hydroxyl groups is 2. The summed E-state index contributed by atoms with van der Waals surface area (Å²) in [6, 6.07) is 14.5. The number of primary amides is 1. The van der Waals surface area contributed by atoms with Crippen LogP contribution in [-0.4, -0.2) is 32.0 Å². The molecule has 0 aliphatic carbocycles. The van der Waals surface area contributed by atoms with Gasteiger partial charge in [-0.15, -0.1) is 0 Å². The van der Waals surface area contributed by atoms with Gasteiger partial charge in [-0.1, -0.05) is 6.07 Å². The molecule has 1 aromatic heterocycles. The summed E-state index contributed by atoms with van der Waals surface area (Å²) in [5.74, 6) is 0.0254. The molecule has 0 saturated heterocycles. The molecule has 170 valence electrons. The van der Waals surface area contributed by atoms with Crippen LogP contribution in [0.2, 0.25) is 0 Å². The Labute approximate surface area is 194 Å². The van der Waals surface area contributed by atoms with Crippen molar-refractivity contribution in [3.05, 3.63) is 65.2 Å². The van der Waals surface area contributed by atoms with Gasteiger partial charge in [-0.05, 0) is 53.6 Å². The number of fused-ring (bicyclic) bond motifs is 1. The van der Waals surface area contributed by atoms with Crippen molar-refractivity contribution in [3.8, 4) is 40.1 Å². The van der Waals surface area contributed by atoms with E-state index < -0.39 is 6.03 Å². The Morgan fingerprint density at radius 2 is 1.79 bits per heavy atom. The summed E-state index contributed by atoms with van der Waals surface area (Å²) in [6.45, 7) is 0.135. The zero-order valence-corrected chi connectivity index (χ0v) is 17.9. The molecule has 2 amide bonds. The van der Waals surface area contributed by atoms with Crippen LogP contribution in [0.1, 0.15) is 16.7 Å². The molecule has 10 heteroatoms. The van der Waals surface area contributed by atoms with Crippen molar-refractivity contribution in [1.29, 1.82) is 10.7 Å². The van der Waals surface area contributed by atoms with Crippen LogP contribution >= 0.6 is 0 Å². The van der Waals surface area contributed by atoms with E-state index in [9.17, 15) is 20.3 Å². The SMILES string of the molecule is N#CCc1cc(-c2nc3ccc(C(=N)N)cc3[nH]2)c(O)c(-c2cc(CNC(N)=O)ccc2O)c1. The monoisotopic (exact) mass is 455 g/mol. The van der Waals surface area contributed by atoms with Crippen molar-refractivity contribution in [2.24, 2.45) is 11.5 Å². The lowest BCUT2D eigenvalue weighted by Crippen LogP contribution is -2.28. The van der Waals surface area contributed by atoms with Gasteiger partial charge in [-0.2, -0.15) is 5.26 Å². The molecule has 0 aliphatic heterocycles. The second kappa shape index (κ2) is 8.84. The molecular weight excluding hydrogens is 434 g/mol. The van der Waals surface area contributed by atoms with Gasteiger partial charge in [0.05, 0.1) is 29.1 Å². The third-order valence-corrected chi connectivity index (χ3v) is 5.32. The standard InChI is InChI=1S/C24H21N7O3/c25-6-5-12-7-16(15-9-13(1-4-20(15)32)11-29-24(28)34)21(33)17(8-12)23-30-18-3-2-14(22(26)27)10-19(18)31-23/h1-4,7-10,32-33H,5,11H2,(H3,26,27)(H,30,31)(H3,28,29,34). The summed E-state index contributed by atoms with van der Waals surface area (Å²) < 4.78 is 0. The van der Waals surface area contributed by atoms with Crippen molar-refractivity contribution in [2.45, 2.75) is 13.0 Å². The first-order valence-corrected chi connectivity index (χ1v) is 10.2. The molecule has 9 N–H and O–H groups in total. The number of aromatic nitrogens is 2. The third kappa shape index (κ3) is 4.31. The molecule has 0 spiro atoms. The average molecular weight is 455 g/mol. The number of benzene rings is 3. The number of amidine groups is 1. The summed E-state index contributed by atoms with van der Waals surface area (Å²) in [5, 5.41) is 41.1. The van der Waals surface area contributed by atoms with Crippen molar-refractivity contribution in [3.63, 3.8) is 0 Å². The largest absolute Gasteiger partial charge is 0.507 e. The van der Waals surface area contributed by atoms with E-state index in [-0.39, 0.29) is 30.3 Å². The number of phenols is 2. The number of imidazole rings is 1. The maximum absolute atomic E-state index is 11.2. The number of nitrogen functional groups attached to an aromatic ring is 1. The van der Waals surface area contributed by atoms with Gasteiger partial charge in [0.25, 0.3) is 0 Å². The summed E-state index contributed by atoms with van der Waals surface area (Å²) in [7, 11) is 0. The number of nitrogens with zero attached hydrogens (tertiary/aromatic N) is 2. The first kappa shape index (κ1) is 22.2. The van der Waals surface area contributed by atoms with Gasteiger partial charge < -0.3 is 32.0 Å². The fraction of sp³-hybridized carbons (Fsp3) is 0.0833. The minimum absolute atomic E-state index is 0.0681. The van der Waals surface area contributed by atoms with E-state index in [0.717, 1.165) is 0 Å². The van der Waals surface area contributed by atoms with Crippen LogP contribution < -0.4 is 16.8 Å². The number of carbonyl (C=O) groups is 1. The molecule has 1 heterocycles. The molecule has 0 radical (unpaired) electrons. The van der Waals surface area contributed by atoms with Gasteiger partial charge in [0.1, 0.15) is 23.2 Å². The quantitative estimate of drug-likeness (QED) is 0.172. The van der Waals surface area contributed by atoms with Crippen LogP contribution in [0.3, 0.4) is 0 Å². The van der Waals surface area contributed by atoms with Crippen molar-refractivity contribution >= 4 is 22.9 Å². The van der Waals surface area contributed by atoms with Crippen LogP contribution in [0, 0.1) is 16.7 Å². The molecule has 0 aliphatic rings. The fourth-order valence-corrected chi connectivity index (χ4v) is 3.68. The molecule has 0 bridgehead atoms. The molecule has 3 aromatic carbocycles. The lowest BCUT2D eigenvalue weighted by atomic mass is 9.95. The number of carbonyl (C=O) groups excluding carboxylic acids is 1. The minimum atomic E-state index is -0.686. The molecule has 34 heavy (non-hydrogen) atoms. The zero-order valence-electron chi connectivity index (χ0n) is 17.9. The average Bonchev–Trinajstić information content (AvgIpc) is 3.23. The molecule has 4 rings (SSSR count). The number of nitriles is 1. The maximum Gasteiger partial charge on any atom is 0.312 e. The molecule has 10 nitrogen and oxygen atoms in total. The maximum atomic E-state index is 11.2. The highest BCUT2D eigenvalue weighted by atomic mass is 16.3. The number of nitrogens with one attached hydrogen (secondary N) is 3. The minimum Gasteiger partial charge on any atom is -0.507 e. The number of hydrogen-bond acceptors (Lipinski definition) is 6. The predicted molar refractivity (Wildman–Crippen MR) is 127 cm³/mol. The molecule has 0 fully saturated rings. The van der Waals surface area contributed by atoms with Gasteiger partial charge in [0.2, 0.25) is 0 Å². The van der Waals surface area contributed by atoms with Crippen molar-refractivity contribution < 1.29 is 15.0 Å². The zero-order chi connectivity index (χ0) is 24.4. The summed E-state index contributed by atoms with van der Waals surface area (Å²) in [4.78, 5) is 18.7. The number of aromatic amines is 1. The third-order valence-electron chi connectivity index (χ3n) is 5.32. The van der Waals surface area contributed by atoms with Gasteiger partial charge in [0.15, 0.2) is 0 Å². The molecular formula is C24H21N7O3. The van der Waals surface area contributed by atoms with Crippen LogP contribution in [0.15, 0.2) is 48.5 Å². The lowest BCUT2D eigenvalue weighted by molar-refractivity contribution is 0.248. The number of nitrogens with two attached hydrogens (primary N) is 2. The lowest BCUT2D eigenvalue weighted by Gasteiger charge is -2.14. The van der Waals surface area contributed by atoms with Crippen LogP contribution in [0.4, 0.5) is 4.79 Å². The van der Waals surface area contributed by atoms with Crippen molar-refractivity contribution in [2.75, 3.05) is 0 Å². The summed E-state index contributed by atoms with van der Waals surface area (Å²) >= 11 is 0. The number of rotatable bonds is 6. The molecule has 0 unspecified atom stereocenters. The Bertz CT molecular complexity index is 1480. The summed E-state index contributed by atoms with van der Waals surface area (Å²) in [6.07, 6.45) is 0.0681. The fourth-order valence-electron chi connectivity index (χ4n) is 3.68. The highest BCUT2D eigenvalue weighted by Gasteiger charge is 2.19. The van der Waals surface area contributed by atoms with E-state index in [4.69, 9.17) is 16.9 Å². The van der Waals surface area contributed by atoms with E-state index in [1.165, 1.54) is 6.07 Å². The van der Waals surface area contributed by atoms with E-state index >= 15 is 0 Å². The highest BCUT2D eigenvalue weighted by molar-refractivity contribution is 5.98. The first-order valence-electron chi connectivity index (χ1n) is 10.2. The van der Waals surface area contributed by atoms with Crippen LogP contribution in [0.5, 0.6) is 11.5 Å². The number of urea groups is 1. The number of H-pyrrole nitrogens is 1. The van der Waals surface area contributed by atoms with Gasteiger partial charge in [-0.25, -0.2) is 9.78 Å². The van der Waals surface area contributed by atoms with Crippen LogP contribution in [0.25, 0.3) is 33.5 Å². The van der Waals surface area contributed by atoms with Gasteiger partial charge >= 0.3 is 6.03 Å². The molecule has 0 saturated carbocycles. The Hall–Kier alpha value is -5.04. The van der Waals surface area contributed by atoms with Crippen LogP contribution in [-0.2, 0) is 13.0 Å². The normalized spacial score (nSPS) is 10.7. The second-order valence-electron chi connectivity index (χ2n) is 7.67. The molecule has 4 aromatic rings. The van der Waals surface area contributed by atoms with E-state index in [1.807, 2.05) is 0 Å².